The number of aromatic nitrogens is 1. The first kappa shape index (κ1) is 12.7. The number of halogens is 1. The van der Waals surface area contributed by atoms with Crippen molar-refractivity contribution in [2.45, 2.75) is 43.8 Å². The fraction of sp³-hybridized carbons (Fsp3) is 0.615. The molecule has 1 aliphatic carbocycles. The molecule has 2 unspecified atom stereocenters. The van der Waals surface area contributed by atoms with Crippen LogP contribution in [0.4, 0.5) is 0 Å². The highest BCUT2D eigenvalue weighted by Crippen LogP contribution is 2.25. The molecule has 0 N–H and O–H groups in total. The highest BCUT2D eigenvalue weighted by molar-refractivity contribution is 6.16. The third-order valence-electron chi connectivity index (χ3n) is 3.15. The fourth-order valence-electron chi connectivity index (χ4n) is 2.18. The van der Waals surface area contributed by atoms with Gasteiger partial charge in [0.1, 0.15) is 11.9 Å². The van der Waals surface area contributed by atoms with Crippen LogP contribution in [0.1, 0.15) is 31.4 Å². The van der Waals surface area contributed by atoms with Gasteiger partial charge in [-0.15, -0.1) is 11.6 Å². The third kappa shape index (κ3) is 3.58. The summed E-state index contributed by atoms with van der Waals surface area (Å²) < 4.78 is 11.3. The third-order valence-corrected chi connectivity index (χ3v) is 3.42. The molecule has 0 aromatic carbocycles. The maximum Gasteiger partial charge on any atom is 0.138 e. The van der Waals surface area contributed by atoms with Gasteiger partial charge in [0.25, 0.3) is 0 Å². The van der Waals surface area contributed by atoms with Gasteiger partial charge in [-0.25, -0.2) is 0 Å². The average Bonchev–Trinajstić information content (AvgIpc) is 2.40. The Kier molecular flexibility index (Phi) is 4.63. The molecular weight excluding hydrogens is 238 g/mol. The van der Waals surface area contributed by atoms with Crippen LogP contribution in [0, 0.1) is 0 Å². The van der Waals surface area contributed by atoms with E-state index in [-0.39, 0.29) is 6.10 Å². The number of nitrogens with zero attached hydrogens (tertiary/aromatic N) is 1. The number of ether oxygens (including phenoxy) is 2. The summed E-state index contributed by atoms with van der Waals surface area (Å²) in [5, 5.41) is 0. The highest BCUT2D eigenvalue weighted by atomic mass is 35.5. The second-order valence-corrected chi connectivity index (χ2v) is 4.65. The number of alkyl halides is 1. The van der Waals surface area contributed by atoms with Crippen molar-refractivity contribution in [3.05, 3.63) is 24.0 Å². The molecule has 2 atom stereocenters. The Balaban J connectivity index is 1.90. The molecule has 1 heterocycles. The van der Waals surface area contributed by atoms with Crippen LogP contribution >= 0.6 is 11.6 Å². The minimum atomic E-state index is 0.248. The first-order chi connectivity index (χ1) is 8.31. The Morgan fingerprint density at radius 1 is 1.35 bits per heavy atom. The number of rotatable bonds is 4. The Morgan fingerprint density at radius 2 is 2.18 bits per heavy atom. The molecule has 0 saturated heterocycles. The Bertz CT molecular complexity index is 342. The van der Waals surface area contributed by atoms with Crippen molar-refractivity contribution in [2.24, 2.45) is 0 Å². The Hall–Kier alpha value is -0.800. The van der Waals surface area contributed by atoms with E-state index in [0.717, 1.165) is 37.1 Å². The summed E-state index contributed by atoms with van der Waals surface area (Å²) in [7, 11) is 1.77. The van der Waals surface area contributed by atoms with E-state index in [1.807, 2.05) is 12.1 Å². The first-order valence-electron chi connectivity index (χ1n) is 6.02. The van der Waals surface area contributed by atoms with Gasteiger partial charge in [-0.2, -0.15) is 0 Å². The minimum Gasteiger partial charge on any atom is -0.489 e. The molecular formula is C13H18ClNO2. The van der Waals surface area contributed by atoms with Crippen molar-refractivity contribution >= 4 is 11.6 Å². The number of methoxy groups -OCH3 is 1. The smallest absolute Gasteiger partial charge is 0.138 e. The van der Waals surface area contributed by atoms with Gasteiger partial charge < -0.3 is 9.47 Å². The van der Waals surface area contributed by atoms with E-state index in [1.54, 1.807) is 13.3 Å². The summed E-state index contributed by atoms with van der Waals surface area (Å²) in [6.45, 7) is 0. The zero-order chi connectivity index (χ0) is 12.1. The lowest BCUT2D eigenvalue weighted by Gasteiger charge is -2.28. The molecule has 0 amide bonds. The largest absolute Gasteiger partial charge is 0.489 e. The van der Waals surface area contributed by atoms with Crippen LogP contribution in [0.3, 0.4) is 0 Å². The van der Waals surface area contributed by atoms with Crippen molar-refractivity contribution in [2.75, 3.05) is 7.11 Å². The van der Waals surface area contributed by atoms with Gasteiger partial charge in [0, 0.05) is 13.5 Å². The molecule has 1 saturated carbocycles. The average molecular weight is 256 g/mol. The standard InChI is InChI=1S/C13H18ClNO2/c1-16-11-3-2-4-12(7-11)17-13-6-5-10(8-14)15-9-13/h5-6,9,11-12H,2-4,7-8H2,1H3. The summed E-state index contributed by atoms with van der Waals surface area (Å²) in [5.41, 5.74) is 0.873. The van der Waals surface area contributed by atoms with Gasteiger partial charge in [-0.1, -0.05) is 0 Å². The quantitative estimate of drug-likeness (QED) is 0.775. The maximum absolute atomic E-state index is 5.90. The minimum absolute atomic E-state index is 0.248. The summed E-state index contributed by atoms with van der Waals surface area (Å²) in [4.78, 5) is 4.21. The molecule has 0 spiro atoms. The van der Waals surface area contributed by atoms with E-state index in [1.165, 1.54) is 0 Å². The Labute approximate surface area is 107 Å². The van der Waals surface area contributed by atoms with E-state index in [0.29, 0.717) is 12.0 Å². The van der Waals surface area contributed by atoms with Crippen LogP contribution < -0.4 is 4.74 Å². The molecule has 2 rings (SSSR count). The zero-order valence-electron chi connectivity index (χ0n) is 10.1. The van der Waals surface area contributed by atoms with Gasteiger partial charge in [0.05, 0.1) is 23.9 Å². The van der Waals surface area contributed by atoms with Crippen molar-refractivity contribution in [3.8, 4) is 5.75 Å². The van der Waals surface area contributed by atoms with Gasteiger partial charge in [0.2, 0.25) is 0 Å². The number of pyridine rings is 1. The van der Waals surface area contributed by atoms with Crippen molar-refractivity contribution < 1.29 is 9.47 Å². The molecule has 0 bridgehead atoms. The predicted octanol–water partition coefficient (Wildman–Crippen LogP) is 3.16. The number of hydrogen-bond acceptors (Lipinski definition) is 3. The SMILES string of the molecule is COC1CCCC(Oc2ccc(CCl)nc2)C1. The monoisotopic (exact) mass is 255 g/mol. The molecule has 0 radical (unpaired) electrons. The van der Waals surface area contributed by atoms with E-state index < -0.39 is 0 Å². The van der Waals surface area contributed by atoms with Gasteiger partial charge in [0.15, 0.2) is 0 Å². The van der Waals surface area contributed by atoms with Gasteiger partial charge in [-0.3, -0.25) is 4.98 Å². The van der Waals surface area contributed by atoms with Crippen LogP contribution in [0.2, 0.25) is 0 Å². The molecule has 17 heavy (non-hydrogen) atoms. The van der Waals surface area contributed by atoms with Crippen LogP contribution in [0.5, 0.6) is 5.75 Å². The van der Waals surface area contributed by atoms with Crippen LogP contribution in [-0.4, -0.2) is 24.3 Å². The molecule has 0 aliphatic heterocycles. The summed E-state index contributed by atoms with van der Waals surface area (Å²) >= 11 is 5.69. The molecule has 94 valence electrons. The molecule has 4 heteroatoms. The molecule has 3 nitrogen and oxygen atoms in total. The van der Waals surface area contributed by atoms with E-state index in [9.17, 15) is 0 Å². The van der Waals surface area contributed by atoms with E-state index >= 15 is 0 Å². The molecule has 1 aromatic rings. The topological polar surface area (TPSA) is 31.4 Å². The second kappa shape index (κ2) is 6.22. The summed E-state index contributed by atoms with van der Waals surface area (Å²) in [6, 6.07) is 3.83. The highest BCUT2D eigenvalue weighted by Gasteiger charge is 2.22. The van der Waals surface area contributed by atoms with Crippen LogP contribution in [0.25, 0.3) is 0 Å². The van der Waals surface area contributed by atoms with Crippen molar-refractivity contribution in [1.29, 1.82) is 0 Å². The van der Waals surface area contributed by atoms with E-state index in [4.69, 9.17) is 21.1 Å². The van der Waals surface area contributed by atoms with Gasteiger partial charge in [-0.05, 0) is 31.4 Å². The molecule has 1 aliphatic rings. The van der Waals surface area contributed by atoms with Gasteiger partial charge >= 0.3 is 0 Å². The molecule has 1 fully saturated rings. The lowest BCUT2D eigenvalue weighted by Crippen LogP contribution is -2.29. The second-order valence-electron chi connectivity index (χ2n) is 4.38. The Morgan fingerprint density at radius 3 is 2.82 bits per heavy atom. The van der Waals surface area contributed by atoms with Crippen molar-refractivity contribution in [1.82, 2.24) is 4.98 Å². The van der Waals surface area contributed by atoms with Crippen molar-refractivity contribution in [3.63, 3.8) is 0 Å². The summed E-state index contributed by atoms with van der Waals surface area (Å²) in [5.74, 6) is 1.26. The lowest BCUT2D eigenvalue weighted by molar-refractivity contribution is 0.0208. The van der Waals surface area contributed by atoms with E-state index in [2.05, 4.69) is 4.98 Å². The summed E-state index contributed by atoms with van der Waals surface area (Å²) in [6.07, 6.45) is 6.69. The number of hydrogen-bond donors (Lipinski definition) is 0. The van der Waals surface area contributed by atoms with Crippen LogP contribution in [0.15, 0.2) is 18.3 Å². The predicted molar refractivity (Wildman–Crippen MR) is 67.5 cm³/mol. The first-order valence-corrected chi connectivity index (χ1v) is 6.55. The fourth-order valence-corrected chi connectivity index (χ4v) is 2.33. The normalized spacial score (nSPS) is 24.6. The maximum atomic E-state index is 5.90. The van der Waals surface area contributed by atoms with Crippen LogP contribution in [-0.2, 0) is 10.6 Å². The molecule has 1 aromatic heterocycles. The lowest BCUT2D eigenvalue weighted by atomic mass is 9.95. The zero-order valence-corrected chi connectivity index (χ0v) is 10.8.